The molecule has 2 aliphatic rings. The number of aliphatic imine (C=N–C) groups is 4. The van der Waals surface area contributed by atoms with Gasteiger partial charge in [0.05, 0.1) is 40.3 Å². The molecule has 0 aromatic heterocycles. The molecule has 509 valence electrons. The van der Waals surface area contributed by atoms with E-state index >= 15 is 0 Å². The number of hydrogen-bond acceptors (Lipinski definition) is 8. The minimum absolute atomic E-state index is 0. The molecule has 4 aromatic carbocycles. The van der Waals surface area contributed by atoms with E-state index in [1.807, 2.05) is 24.9 Å². The Morgan fingerprint density at radius 1 is 0.367 bits per heavy atom. The van der Waals surface area contributed by atoms with Crippen LogP contribution in [0.3, 0.4) is 0 Å². The van der Waals surface area contributed by atoms with E-state index in [9.17, 15) is 20.4 Å². The number of hydrogen-bond donors (Lipinski definition) is 4. The van der Waals surface area contributed by atoms with Crippen LogP contribution in [0.15, 0.2) is 68.5 Å². The first-order chi connectivity index (χ1) is 39.5. The molecule has 0 unspecified atom stereocenters. The maximum Gasteiger partial charge on any atom is 0.128 e. The maximum absolute atomic E-state index is 11.4. The van der Waals surface area contributed by atoms with E-state index < -0.39 is 16.1 Å². The zero-order chi connectivity index (χ0) is 64.8. The Labute approximate surface area is 565 Å². The summed E-state index contributed by atoms with van der Waals surface area (Å²) >= 11 is 0. The first kappa shape index (κ1) is 83.7. The molecule has 2 saturated carbocycles. The number of rotatable bonds is 16. The smallest absolute Gasteiger partial charge is 0.128 e. The molecule has 8 nitrogen and oxygen atoms in total. The summed E-state index contributed by atoms with van der Waals surface area (Å²) in [6, 6.07) is 20.1. The van der Waals surface area contributed by atoms with Crippen molar-refractivity contribution in [2.24, 2.45) is 20.0 Å². The van der Waals surface area contributed by atoms with Crippen molar-refractivity contribution in [3.63, 3.8) is 0 Å². The number of benzene rings is 4. The zero-order valence-electron chi connectivity index (χ0n) is 62.0. The average molecular weight is 1310 g/mol. The van der Waals surface area contributed by atoms with E-state index in [1.54, 1.807) is 0 Å². The summed E-state index contributed by atoms with van der Waals surface area (Å²) in [6.45, 7) is 53.5. The van der Waals surface area contributed by atoms with Gasteiger partial charge >= 0.3 is 0 Å². The van der Waals surface area contributed by atoms with Gasteiger partial charge in [-0.25, -0.2) is 0 Å². The minimum atomic E-state index is -1.66. The molecule has 0 amide bonds. The van der Waals surface area contributed by atoms with Crippen LogP contribution < -0.4 is 10.4 Å². The van der Waals surface area contributed by atoms with E-state index in [-0.39, 0.29) is 95.7 Å². The van der Waals surface area contributed by atoms with E-state index in [4.69, 9.17) is 20.0 Å². The first-order valence-electron chi connectivity index (χ1n) is 33.2. The average Bonchev–Trinajstić information content (AvgIpc) is 0.956. The van der Waals surface area contributed by atoms with Crippen LogP contribution in [0.5, 0.6) is 23.0 Å². The van der Waals surface area contributed by atoms with Gasteiger partial charge in [-0.05, 0) is 92.6 Å². The Balaban J connectivity index is 0.000000862. The topological polar surface area (TPSA) is 130 Å². The van der Waals surface area contributed by atoms with Crippen LogP contribution in [0, 0.1) is 22.3 Å². The van der Waals surface area contributed by atoms with Crippen molar-refractivity contribution in [1.82, 2.24) is 0 Å². The molecule has 2 fully saturated rings. The molecular formula is C79H129CoN4O4Si2-3. The molecule has 90 heavy (non-hydrogen) atoms. The molecule has 4 atom stereocenters. The van der Waals surface area contributed by atoms with Gasteiger partial charge in [0.2, 0.25) is 0 Å². The molecule has 1 radical (unpaired) electrons. The van der Waals surface area contributed by atoms with Gasteiger partial charge in [0.25, 0.3) is 0 Å². The fourth-order valence-corrected chi connectivity index (χ4v) is 17.3. The Hall–Kier alpha value is -4.30. The second kappa shape index (κ2) is 33.2. The summed E-state index contributed by atoms with van der Waals surface area (Å²) in [6.07, 6.45) is 20.9. The number of phenols is 4. The number of aromatic hydroxyl groups is 4. The summed E-state index contributed by atoms with van der Waals surface area (Å²) in [5.41, 5.74) is 8.79. The molecule has 0 spiro atoms. The van der Waals surface area contributed by atoms with Crippen LogP contribution >= 0.6 is 0 Å². The first-order valence-corrected chi connectivity index (χ1v) is 39.6. The summed E-state index contributed by atoms with van der Waals surface area (Å²) < 4.78 is 0. The van der Waals surface area contributed by atoms with Gasteiger partial charge in [-0.3, -0.25) is 20.0 Å². The monoisotopic (exact) mass is 1310 g/mol. The molecule has 0 saturated heterocycles. The fraction of sp³-hybridized carbons (Fsp3) is 0.608. The molecule has 11 heteroatoms. The summed E-state index contributed by atoms with van der Waals surface area (Å²) in [5, 5.41) is 48.2. The van der Waals surface area contributed by atoms with Gasteiger partial charge in [-0.1, -0.05) is 275 Å². The molecule has 6 rings (SSSR count). The Morgan fingerprint density at radius 3 is 0.800 bits per heavy atom. The third kappa shape index (κ3) is 22.4. The molecule has 4 N–H and O–H groups in total. The van der Waals surface area contributed by atoms with Gasteiger partial charge in [0.1, 0.15) is 23.0 Å². The molecule has 0 aliphatic heterocycles. The second-order valence-corrected chi connectivity index (χ2v) is 43.0. The van der Waals surface area contributed by atoms with Gasteiger partial charge in [-0.15, -0.1) is 0 Å². The van der Waals surface area contributed by atoms with Crippen LogP contribution in [0.2, 0.25) is 38.3 Å². The summed E-state index contributed by atoms with van der Waals surface area (Å²) in [5.74, 6) is 1.36. The largest absolute Gasteiger partial charge is 0.507 e. The Kier molecular flexibility index (Phi) is 30.9. The van der Waals surface area contributed by atoms with Crippen molar-refractivity contribution in [3.8, 4) is 23.0 Å². The molecule has 2 aliphatic carbocycles. The van der Waals surface area contributed by atoms with Crippen LogP contribution in [-0.4, -0.2) is 85.6 Å². The van der Waals surface area contributed by atoms with E-state index in [1.165, 1.54) is 59.3 Å². The van der Waals surface area contributed by atoms with Crippen LogP contribution in [-0.2, 0) is 49.3 Å². The van der Waals surface area contributed by atoms with E-state index in [0.29, 0.717) is 23.0 Å². The zero-order valence-corrected chi connectivity index (χ0v) is 65.1. The van der Waals surface area contributed by atoms with Gasteiger partial charge < -0.3 is 42.7 Å². The quantitative estimate of drug-likeness (QED) is 0.0506. The molecule has 0 bridgehead atoms. The van der Waals surface area contributed by atoms with Crippen molar-refractivity contribution in [2.75, 3.05) is 0 Å². The van der Waals surface area contributed by atoms with Crippen molar-refractivity contribution < 1.29 is 37.2 Å². The van der Waals surface area contributed by atoms with Crippen molar-refractivity contribution in [3.05, 3.63) is 126 Å². The van der Waals surface area contributed by atoms with Crippen molar-refractivity contribution in [1.29, 1.82) is 0 Å². The third-order valence-corrected chi connectivity index (χ3v) is 25.3. The van der Waals surface area contributed by atoms with Gasteiger partial charge in [0, 0.05) is 75.0 Å². The Morgan fingerprint density at radius 2 is 0.589 bits per heavy atom. The molecule has 4 aromatic rings. The molecular weight excluding hydrogens is 1180 g/mol. The number of phenolic OH excluding ortho intramolecular Hbond substituents is 4. The normalized spacial score (nSPS) is 18.2. The Bertz CT molecular complexity index is 2850. The van der Waals surface area contributed by atoms with E-state index in [2.05, 4.69) is 213 Å². The minimum Gasteiger partial charge on any atom is -0.507 e. The standard InChI is InChI=1S/2C38H60N2O2Si.3CH3.Co/c2*1-13-14-19-43(11,12)29-21-27(35(42)31(23-29)38(8,9)10)25-40-33-18-16-15-17-32(33)39-24-26-20-28(36(2,3)4)22-30(34(26)41)37(5,6)7;;;;/h2*20-25,32-33,41-42H,13-19H2,1-12H3;3*1H3;/q;;3*-1;/t2*32-,33-;;;;/m00..../s1. The SMILES string of the molecule is CCCC[Si](C)(C)c1cc(C=N[C@H]2CCCC[C@@H]2N=Cc2cc(C(C)(C)C)cc(C(C)(C)C)c2O)c(O)c(C(C)(C)C)c1.CCCC[Si](C)(C)c1cc(C=N[C@H]2CCCC[C@@H]2N=Cc2cc(C(C)(C)C)cc(C(C)(C)C)c2O)c(O)c(C(C)(C)C)c1.[CH3-].[CH3-].[CH3-].[Co]. The van der Waals surface area contributed by atoms with E-state index in [0.717, 1.165) is 95.9 Å². The predicted octanol–water partition coefficient (Wildman–Crippen LogP) is 20.5. The predicted molar refractivity (Wildman–Crippen MR) is 400 cm³/mol. The second-order valence-electron chi connectivity index (χ2n) is 33.3. The number of nitrogens with zero attached hydrogens (tertiary/aromatic N) is 4. The third-order valence-electron chi connectivity index (χ3n) is 18.4. The van der Waals surface area contributed by atoms with Gasteiger partial charge in [0.15, 0.2) is 0 Å². The van der Waals surface area contributed by atoms with Crippen LogP contribution in [0.4, 0.5) is 0 Å². The maximum atomic E-state index is 11.4. The van der Waals surface area contributed by atoms with Crippen molar-refractivity contribution in [2.45, 2.75) is 310 Å². The number of unbranched alkanes of at least 4 members (excludes halogenated alkanes) is 2. The summed E-state index contributed by atoms with van der Waals surface area (Å²) in [4.78, 5) is 20.4. The van der Waals surface area contributed by atoms with Crippen LogP contribution in [0.25, 0.3) is 0 Å². The van der Waals surface area contributed by atoms with Gasteiger partial charge in [-0.2, -0.15) is 0 Å². The van der Waals surface area contributed by atoms with Crippen LogP contribution in [0.1, 0.15) is 271 Å². The molecule has 0 heterocycles. The fourth-order valence-electron chi connectivity index (χ4n) is 12.1. The summed E-state index contributed by atoms with van der Waals surface area (Å²) in [7, 11) is -3.32. The van der Waals surface area contributed by atoms with Crippen molar-refractivity contribution >= 4 is 51.4 Å².